The zero-order valence-electron chi connectivity index (χ0n) is 15.5. The highest BCUT2D eigenvalue weighted by Gasteiger charge is 2.14. The van der Waals surface area contributed by atoms with Crippen molar-refractivity contribution in [1.82, 2.24) is 14.8 Å². The van der Waals surface area contributed by atoms with E-state index in [0.29, 0.717) is 17.5 Å². The molecule has 146 valence electrons. The molecule has 0 saturated carbocycles. The van der Waals surface area contributed by atoms with Gasteiger partial charge in [-0.05, 0) is 17.0 Å². The highest BCUT2D eigenvalue weighted by atomic mass is 32.2. The van der Waals surface area contributed by atoms with E-state index in [1.165, 1.54) is 0 Å². The molecule has 0 atom stereocenters. The highest BCUT2D eigenvalue weighted by Crippen LogP contribution is 2.26. The average Bonchev–Trinajstić information content (AvgIpc) is 3.13. The minimum atomic E-state index is -1.14. The van der Waals surface area contributed by atoms with Gasteiger partial charge in [0.1, 0.15) is 12.4 Å². The highest BCUT2D eigenvalue weighted by molar-refractivity contribution is 7.99. The lowest BCUT2D eigenvalue weighted by Crippen LogP contribution is -2.24. The van der Waals surface area contributed by atoms with Gasteiger partial charge in [-0.15, -0.1) is 10.2 Å². The number of aliphatic carboxylic acids is 1. The number of carboxylic acids is 1. The van der Waals surface area contributed by atoms with Gasteiger partial charge in [0.25, 0.3) is 0 Å². The molecule has 0 aliphatic carbocycles. The van der Waals surface area contributed by atoms with Gasteiger partial charge >= 0.3 is 0 Å². The normalized spacial score (nSPS) is 10.9. The summed E-state index contributed by atoms with van der Waals surface area (Å²) in [6, 6.07) is 23.8. The van der Waals surface area contributed by atoms with Crippen molar-refractivity contribution in [3.05, 3.63) is 84.2 Å². The van der Waals surface area contributed by atoms with Crippen molar-refractivity contribution in [2.75, 3.05) is 5.75 Å². The first-order valence-corrected chi connectivity index (χ1v) is 10.1. The number of hydrogen-bond acceptors (Lipinski definition) is 6. The number of ether oxygens (including phenoxy) is 1. The fourth-order valence-corrected chi connectivity index (χ4v) is 3.72. The average molecular weight is 404 g/mol. The first-order valence-electron chi connectivity index (χ1n) is 9.10. The molecule has 7 heteroatoms. The third kappa shape index (κ3) is 4.57. The van der Waals surface area contributed by atoms with Crippen LogP contribution in [0.5, 0.6) is 5.75 Å². The number of carbonyl (C=O) groups excluding carboxylic acids is 1. The lowest BCUT2D eigenvalue weighted by atomic mass is 10.1. The molecule has 0 radical (unpaired) electrons. The fourth-order valence-electron chi connectivity index (χ4n) is 3.04. The molecule has 3 aromatic carbocycles. The van der Waals surface area contributed by atoms with Crippen LogP contribution in [0.1, 0.15) is 11.4 Å². The summed E-state index contributed by atoms with van der Waals surface area (Å²) < 4.78 is 7.94. The zero-order chi connectivity index (χ0) is 20.1. The molecule has 0 N–H and O–H groups in total. The Hall–Kier alpha value is -3.32. The van der Waals surface area contributed by atoms with Gasteiger partial charge in [-0.3, -0.25) is 4.57 Å². The molecule has 6 nitrogen and oxygen atoms in total. The smallest absolute Gasteiger partial charge is 0.192 e. The van der Waals surface area contributed by atoms with E-state index in [4.69, 9.17) is 4.74 Å². The standard InChI is InChI=1S/C22H19N3O3S/c26-21(27)15-29-22-24-23-20(25(22)13-16-7-2-1-3-8-16)14-28-19-12-6-10-17-9-4-5-11-18(17)19/h1-12H,13-15H2,(H,26,27)/p-1. The number of benzene rings is 3. The van der Waals surface area contributed by atoms with Crippen molar-refractivity contribution in [1.29, 1.82) is 0 Å². The monoisotopic (exact) mass is 404 g/mol. The van der Waals surface area contributed by atoms with Crippen molar-refractivity contribution in [3.8, 4) is 5.75 Å². The second kappa shape index (κ2) is 8.79. The molecule has 4 rings (SSSR count). The third-order valence-corrected chi connectivity index (χ3v) is 5.34. The molecule has 0 aliphatic rings. The quantitative estimate of drug-likeness (QED) is 0.420. The molecule has 1 heterocycles. The molecule has 0 fully saturated rings. The Balaban J connectivity index is 1.59. The summed E-state index contributed by atoms with van der Waals surface area (Å²) in [4.78, 5) is 10.9. The van der Waals surface area contributed by atoms with Gasteiger partial charge in [0.15, 0.2) is 11.0 Å². The summed E-state index contributed by atoms with van der Waals surface area (Å²) in [7, 11) is 0. The first-order chi connectivity index (χ1) is 14.2. The number of fused-ring (bicyclic) bond motifs is 1. The SMILES string of the molecule is O=C([O-])CSc1nnc(COc2cccc3ccccc23)n1Cc1ccccc1. The Labute approximate surface area is 172 Å². The lowest BCUT2D eigenvalue weighted by molar-refractivity contribution is -0.301. The van der Waals surface area contributed by atoms with Crippen molar-refractivity contribution in [2.45, 2.75) is 18.3 Å². The molecule has 0 spiro atoms. The minimum absolute atomic E-state index is 0.183. The van der Waals surface area contributed by atoms with Crippen LogP contribution in [0.2, 0.25) is 0 Å². The number of thioether (sulfide) groups is 1. The second-order valence-electron chi connectivity index (χ2n) is 6.40. The van der Waals surface area contributed by atoms with Gasteiger partial charge in [-0.25, -0.2) is 0 Å². The summed E-state index contributed by atoms with van der Waals surface area (Å²) >= 11 is 1.09. The number of aromatic nitrogens is 3. The van der Waals surface area contributed by atoms with E-state index < -0.39 is 5.97 Å². The van der Waals surface area contributed by atoms with Crippen LogP contribution in [0.3, 0.4) is 0 Å². The molecule has 0 aliphatic heterocycles. The van der Waals surface area contributed by atoms with Gasteiger partial charge in [-0.2, -0.15) is 0 Å². The zero-order valence-corrected chi connectivity index (χ0v) is 16.3. The molecule has 4 aromatic rings. The van der Waals surface area contributed by atoms with E-state index in [0.717, 1.165) is 33.8 Å². The van der Waals surface area contributed by atoms with Crippen LogP contribution in [-0.2, 0) is 17.9 Å². The fraction of sp³-hybridized carbons (Fsp3) is 0.136. The molecular weight excluding hydrogens is 386 g/mol. The van der Waals surface area contributed by atoms with Gasteiger partial charge in [0.2, 0.25) is 0 Å². The Bertz CT molecular complexity index is 1120. The van der Waals surface area contributed by atoms with E-state index in [1.54, 1.807) is 0 Å². The van der Waals surface area contributed by atoms with E-state index >= 15 is 0 Å². The van der Waals surface area contributed by atoms with Gasteiger partial charge in [0.05, 0.1) is 12.5 Å². The number of hydrogen-bond donors (Lipinski definition) is 0. The van der Waals surface area contributed by atoms with Gasteiger partial charge < -0.3 is 14.6 Å². The summed E-state index contributed by atoms with van der Waals surface area (Å²) in [6.07, 6.45) is 0. The maximum Gasteiger partial charge on any atom is 0.192 e. The van der Waals surface area contributed by atoms with Crippen LogP contribution >= 0.6 is 11.8 Å². The van der Waals surface area contributed by atoms with Crippen LogP contribution in [0, 0.1) is 0 Å². The molecule has 0 bridgehead atoms. The first kappa shape index (κ1) is 19.0. The van der Waals surface area contributed by atoms with E-state index in [1.807, 2.05) is 77.4 Å². The van der Waals surface area contributed by atoms with E-state index in [-0.39, 0.29) is 12.4 Å². The Kier molecular flexibility index (Phi) is 5.76. The van der Waals surface area contributed by atoms with E-state index in [2.05, 4.69) is 10.2 Å². The predicted octanol–water partition coefficient (Wildman–Crippen LogP) is 2.90. The van der Waals surface area contributed by atoms with Crippen LogP contribution < -0.4 is 9.84 Å². The van der Waals surface area contributed by atoms with E-state index in [9.17, 15) is 9.90 Å². The van der Waals surface area contributed by atoms with Crippen LogP contribution in [-0.4, -0.2) is 26.5 Å². The predicted molar refractivity (Wildman–Crippen MR) is 110 cm³/mol. The van der Waals surface area contributed by atoms with Crippen molar-refractivity contribution < 1.29 is 14.6 Å². The molecule has 1 aromatic heterocycles. The van der Waals surface area contributed by atoms with Crippen molar-refractivity contribution in [3.63, 3.8) is 0 Å². The maximum absolute atomic E-state index is 10.9. The number of carboxylic acid groups (broad SMARTS) is 1. The Morgan fingerprint density at radius 2 is 1.72 bits per heavy atom. The topological polar surface area (TPSA) is 80.1 Å². The summed E-state index contributed by atoms with van der Waals surface area (Å²) in [5.74, 6) is 0.0682. The van der Waals surface area contributed by atoms with Crippen molar-refractivity contribution in [2.24, 2.45) is 0 Å². The van der Waals surface area contributed by atoms with Gasteiger partial charge in [0, 0.05) is 11.1 Å². The molecule has 0 amide bonds. The number of carbonyl (C=O) groups is 1. The third-order valence-electron chi connectivity index (χ3n) is 4.40. The summed E-state index contributed by atoms with van der Waals surface area (Å²) in [6.45, 7) is 0.747. The van der Waals surface area contributed by atoms with Gasteiger partial charge in [-0.1, -0.05) is 78.5 Å². The summed E-state index contributed by atoms with van der Waals surface area (Å²) in [5.41, 5.74) is 1.06. The van der Waals surface area contributed by atoms with Crippen LogP contribution in [0.15, 0.2) is 78.0 Å². The molecular formula is C22H18N3O3S-. The van der Waals surface area contributed by atoms with Crippen LogP contribution in [0.4, 0.5) is 0 Å². The maximum atomic E-state index is 10.9. The number of rotatable bonds is 8. The number of nitrogens with zero attached hydrogens (tertiary/aromatic N) is 3. The second-order valence-corrected chi connectivity index (χ2v) is 7.34. The molecule has 0 unspecified atom stereocenters. The Morgan fingerprint density at radius 3 is 2.55 bits per heavy atom. The lowest BCUT2D eigenvalue weighted by Gasteiger charge is -2.12. The molecule has 0 saturated heterocycles. The Morgan fingerprint density at radius 1 is 0.966 bits per heavy atom. The minimum Gasteiger partial charge on any atom is -0.549 e. The molecule has 29 heavy (non-hydrogen) atoms. The largest absolute Gasteiger partial charge is 0.549 e. The summed E-state index contributed by atoms with van der Waals surface area (Å²) in [5, 5.41) is 21.9. The van der Waals surface area contributed by atoms with Crippen LogP contribution in [0.25, 0.3) is 10.8 Å². The van der Waals surface area contributed by atoms with Crippen molar-refractivity contribution >= 4 is 28.5 Å².